The molecule has 4 nitrogen and oxygen atoms in total. The number of nitrogens with one attached hydrogen (secondary N) is 2. The van der Waals surface area contributed by atoms with Crippen molar-refractivity contribution in [2.24, 2.45) is 0 Å². The average molecular weight is 396 g/mol. The molecule has 0 atom stereocenters. The molecular formula is C20H18BrN3O. The number of hydrogen-bond acceptors (Lipinski definition) is 3. The molecule has 25 heavy (non-hydrogen) atoms. The first-order valence-electron chi connectivity index (χ1n) is 7.88. The number of aryl methyl sites for hydroxylation is 2. The summed E-state index contributed by atoms with van der Waals surface area (Å²) in [5, 5.41) is 6.10. The molecule has 0 bridgehead atoms. The number of pyridine rings is 1. The highest BCUT2D eigenvalue weighted by atomic mass is 79.9. The third-order valence-electron chi connectivity index (χ3n) is 3.77. The van der Waals surface area contributed by atoms with Gasteiger partial charge < -0.3 is 10.6 Å². The van der Waals surface area contributed by atoms with Gasteiger partial charge in [0, 0.05) is 15.7 Å². The lowest BCUT2D eigenvalue weighted by Crippen LogP contribution is -2.12. The molecule has 0 aliphatic carbocycles. The zero-order valence-corrected chi connectivity index (χ0v) is 15.6. The molecule has 0 saturated heterocycles. The highest BCUT2D eigenvalue weighted by molar-refractivity contribution is 9.10. The second kappa shape index (κ2) is 7.49. The van der Waals surface area contributed by atoms with Crippen molar-refractivity contribution in [3.8, 4) is 0 Å². The van der Waals surface area contributed by atoms with Gasteiger partial charge in [-0.05, 0) is 61.9 Å². The quantitative estimate of drug-likeness (QED) is 0.616. The standard InChI is InChI=1S/C20H18BrN3O/c1-13-3-5-15(6-4-13)20(25)24-17-8-10-19(22-12-17)23-16-7-9-18(21)14(2)11-16/h3-12H,1-2H3,(H,22,23)(H,24,25). The van der Waals surface area contributed by atoms with E-state index in [1.165, 1.54) is 0 Å². The minimum absolute atomic E-state index is 0.147. The van der Waals surface area contributed by atoms with E-state index in [0.717, 1.165) is 27.1 Å². The summed E-state index contributed by atoms with van der Waals surface area (Å²) in [6, 6.07) is 17.1. The van der Waals surface area contributed by atoms with Gasteiger partial charge in [-0.15, -0.1) is 0 Å². The van der Waals surface area contributed by atoms with Crippen LogP contribution in [0.5, 0.6) is 0 Å². The maximum absolute atomic E-state index is 12.2. The Balaban J connectivity index is 1.66. The van der Waals surface area contributed by atoms with Gasteiger partial charge in [-0.25, -0.2) is 4.98 Å². The Bertz CT molecular complexity index is 890. The summed E-state index contributed by atoms with van der Waals surface area (Å²) in [7, 11) is 0. The largest absolute Gasteiger partial charge is 0.340 e. The van der Waals surface area contributed by atoms with E-state index in [4.69, 9.17) is 0 Å². The highest BCUT2D eigenvalue weighted by Crippen LogP contribution is 2.22. The fourth-order valence-corrected chi connectivity index (χ4v) is 2.57. The van der Waals surface area contributed by atoms with Gasteiger partial charge in [0.15, 0.2) is 0 Å². The fourth-order valence-electron chi connectivity index (χ4n) is 2.32. The van der Waals surface area contributed by atoms with E-state index in [1.54, 1.807) is 6.20 Å². The van der Waals surface area contributed by atoms with E-state index in [2.05, 4.69) is 31.5 Å². The second-order valence-electron chi connectivity index (χ2n) is 5.84. The summed E-state index contributed by atoms with van der Waals surface area (Å²) in [5.74, 6) is 0.570. The van der Waals surface area contributed by atoms with Crippen LogP contribution < -0.4 is 10.6 Å². The van der Waals surface area contributed by atoms with Crippen molar-refractivity contribution in [3.05, 3.63) is 82.0 Å². The summed E-state index contributed by atoms with van der Waals surface area (Å²) in [6.07, 6.45) is 1.64. The lowest BCUT2D eigenvalue weighted by Gasteiger charge is -2.09. The maximum atomic E-state index is 12.2. The number of rotatable bonds is 4. The Labute approximate surface area is 155 Å². The Hall–Kier alpha value is -2.66. The van der Waals surface area contributed by atoms with Gasteiger partial charge in [-0.3, -0.25) is 4.79 Å². The van der Waals surface area contributed by atoms with Crippen molar-refractivity contribution in [1.29, 1.82) is 0 Å². The Morgan fingerprint density at radius 1 is 0.960 bits per heavy atom. The van der Waals surface area contributed by atoms with Gasteiger partial charge >= 0.3 is 0 Å². The van der Waals surface area contributed by atoms with Crippen molar-refractivity contribution in [2.75, 3.05) is 10.6 Å². The van der Waals surface area contributed by atoms with Crippen LogP contribution in [0.25, 0.3) is 0 Å². The number of anilines is 3. The van der Waals surface area contributed by atoms with Crippen molar-refractivity contribution in [3.63, 3.8) is 0 Å². The number of benzene rings is 2. The average Bonchev–Trinajstić information content (AvgIpc) is 2.60. The van der Waals surface area contributed by atoms with Gasteiger partial charge in [0.05, 0.1) is 11.9 Å². The van der Waals surface area contributed by atoms with Gasteiger partial charge in [0.1, 0.15) is 5.82 Å². The Kier molecular flexibility index (Phi) is 5.14. The van der Waals surface area contributed by atoms with Crippen LogP contribution in [-0.2, 0) is 0 Å². The molecule has 3 aromatic rings. The van der Waals surface area contributed by atoms with Gasteiger partial charge in [-0.1, -0.05) is 33.6 Å². The van der Waals surface area contributed by atoms with Crippen LogP contribution in [0.4, 0.5) is 17.2 Å². The summed E-state index contributed by atoms with van der Waals surface area (Å²) in [6.45, 7) is 4.02. The summed E-state index contributed by atoms with van der Waals surface area (Å²) in [5.41, 5.74) is 4.51. The second-order valence-corrected chi connectivity index (χ2v) is 6.70. The van der Waals surface area contributed by atoms with E-state index in [0.29, 0.717) is 11.3 Å². The smallest absolute Gasteiger partial charge is 0.255 e. The molecule has 0 radical (unpaired) electrons. The number of amides is 1. The normalized spacial score (nSPS) is 10.4. The van der Waals surface area contributed by atoms with Crippen LogP contribution in [-0.4, -0.2) is 10.9 Å². The fraction of sp³-hybridized carbons (Fsp3) is 0.100. The number of nitrogens with zero attached hydrogens (tertiary/aromatic N) is 1. The van der Waals surface area contributed by atoms with Crippen molar-refractivity contribution in [2.45, 2.75) is 13.8 Å². The maximum Gasteiger partial charge on any atom is 0.255 e. The number of carbonyl (C=O) groups excluding carboxylic acids is 1. The van der Waals surface area contributed by atoms with Gasteiger partial charge in [0.25, 0.3) is 5.91 Å². The first-order chi connectivity index (χ1) is 12.0. The minimum atomic E-state index is -0.147. The van der Waals surface area contributed by atoms with E-state index < -0.39 is 0 Å². The molecule has 126 valence electrons. The lowest BCUT2D eigenvalue weighted by molar-refractivity contribution is 0.102. The molecule has 5 heteroatoms. The summed E-state index contributed by atoms with van der Waals surface area (Å²) < 4.78 is 1.07. The van der Waals surface area contributed by atoms with E-state index in [-0.39, 0.29) is 5.91 Å². The van der Waals surface area contributed by atoms with Crippen LogP contribution in [0.15, 0.2) is 65.3 Å². The Morgan fingerprint density at radius 2 is 1.68 bits per heavy atom. The van der Waals surface area contributed by atoms with E-state index in [9.17, 15) is 4.79 Å². The first-order valence-corrected chi connectivity index (χ1v) is 8.68. The number of carbonyl (C=O) groups is 1. The molecular weight excluding hydrogens is 378 g/mol. The predicted molar refractivity (Wildman–Crippen MR) is 106 cm³/mol. The number of aromatic nitrogens is 1. The molecule has 0 spiro atoms. The third-order valence-corrected chi connectivity index (χ3v) is 4.66. The molecule has 0 aliphatic heterocycles. The van der Waals surface area contributed by atoms with Crippen molar-refractivity contribution < 1.29 is 4.79 Å². The SMILES string of the molecule is Cc1ccc(C(=O)Nc2ccc(Nc3ccc(Br)c(C)c3)nc2)cc1. The van der Waals surface area contributed by atoms with E-state index >= 15 is 0 Å². The van der Waals surface area contributed by atoms with Crippen molar-refractivity contribution in [1.82, 2.24) is 4.98 Å². The molecule has 2 N–H and O–H groups in total. The monoisotopic (exact) mass is 395 g/mol. The molecule has 0 unspecified atom stereocenters. The minimum Gasteiger partial charge on any atom is -0.340 e. The van der Waals surface area contributed by atoms with E-state index in [1.807, 2.05) is 68.4 Å². The zero-order chi connectivity index (χ0) is 17.8. The number of hydrogen-bond donors (Lipinski definition) is 2. The highest BCUT2D eigenvalue weighted by Gasteiger charge is 2.06. The van der Waals surface area contributed by atoms with Crippen LogP contribution >= 0.6 is 15.9 Å². The molecule has 0 fully saturated rings. The topological polar surface area (TPSA) is 54.0 Å². The molecule has 2 aromatic carbocycles. The molecule has 1 heterocycles. The molecule has 1 aromatic heterocycles. The van der Waals surface area contributed by atoms with Crippen LogP contribution in [0, 0.1) is 13.8 Å². The van der Waals surface area contributed by atoms with Crippen molar-refractivity contribution >= 4 is 39.0 Å². The lowest BCUT2D eigenvalue weighted by atomic mass is 10.1. The summed E-state index contributed by atoms with van der Waals surface area (Å²) in [4.78, 5) is 16.6. The van der Waals surface area contributed by atoms with Gasteiger partial charge in [0.2, 0.25) is 0 Å². The third kappa shape index (κ3) is 4.45. The zero-order valence-electron chi connectivity index (χ0n) is 14.0. The molecule has 1 amide bonds. The van der Waals surface area contributed by atoms with Gasteiger partial charge in [-0.2, -0.15) is 0 Å². The molecule has 3 rings (SSSR count). The molecule has 0 saturated carbocycles. The van der Waals surface area contributed by atoms with Crippen LogP contribution in [0.1, 0.15) is 21.5 Å². The summed E-state index contributed by atoms with van der Waals surface area (Å²) >= 11 is 3.49. The van der Waals surface area contributed by atoms with Crippen LogP contribution in [0.3, 0.4) is 0 Å². The van der Waals surface area contributed by atoms with Crippen LogP contribution in [0.2, 0.25) is 0 Å². The Morgan fingerprint density at radius 3 is 2.32 bits per heavy atom. The predicted octanol–water partition coefficient (Wildman–Crippen LogP) is 5.46. The first kappa shape index (κ1) is 17.2. The molecule has 0 aliphatic rings. The number of halogens is 1.